The van der Waals surface area contributed by atoms with Crippen molar-refractivity contribution < 1.29 is 22.7 Å². The number of carbonyl (C=O) groups is 2. The lowest BCUT2D eigenvalue weighted by Gasteiger charge is -2.39. The molecule has 1 saturated carbocycles. The number of anilines is 1. The largest absolute Gasteiger partial charge is 0.446 e. The molecule has 0 aromatic heterocycles. The molecule has 1 atom stereocenters. The molecule has 3 rings (SSSR count). The molecular weight excluding hydrogens is 370 g/mol. The molecule has 1 aromatic carbocycles. The van der Waals surface area contributed by atoms with Gasteiger partial charge in [0.25, 0.3) is 5.91 Å². The van der Waals surface area contributed by atoms with Crippen LogP contribution in [0.4, 0.5) is 10.5 Å². The normalized spacial score (nSPS) is 20.7. The van der Waals surface area contributed by atoms with Crippen molar-refractivity contribution in [2.24, 2.45) is 0 Å². The molecular formula is C18H25N3O5S. The minimum absolute atomic E-state index is 0.0314. The highest BCUT2D eigenvalue weighted by Gasteiger charge is 2.32. The number of carbonyl (C=O) groups excluding carboxylic acids is 2. The fourth-order valence-electron chi connectivity index (χ4n) is 3.61. The average molecular weight is 395 g/mol. The van der Waals surface area contributed by atoms with E-state index >= 15 is 0 Å². The Morgan fingerprint density at radius 2 is 1.78 bits per heavy atom. The minimum atomic E-state index is -2.73. The Labute approximate surface area is 160 Å². The molecule has 1 saturated heterocycles. The second-order valence-corrected chi connectivity index (χ2v) is 7.77. The van der Waals surface area contributed by atoms with Crippen LogP contribution in [0.25, 0.3) is 0 Å². The number of benzene rings is 1. The molecule has 0 spiro atoms. The third-order valence-electron chi connectivity index (χ3n) is 5.07. The Kier molecular flexibility index (Phi) is 6.20. The first-order valence-corrected chi connectivity index (χ1v) is 10.4. The number of nitrogens with zero attached hydrogens (tertiary/aromatic N) is 2. The lowest BCUT2D eigenvalue weighted by Crippen LogP contribution is -2.55. The molecule has 0 bridgehead atoms. The van der Waals surface area contributed by atoms with Crippen LogP contribution in [0, 0.1) is 0 Å². The van der Waals surface area contributed by atoms with Gasteiger partial charge in [-0.15, -0.1) is 0 Å². The van der Waals surface area contributed by atoms with Gasteiger partial charge in [-0.1, -0.05) is 0 Å². The molecule has 9 heteroatoms. The number of nitrogens with one attached hydrogen (secondary N) is 1. The van der Waals surface area contributed by atoms with Crippen LogP contribution >= 0.6 is 0 Å². The second-order valence-electron chi connectivity index (χ2n) is 7.03. The summed E-state index contributed by atoms with van der Waals surface area (Å²) in [6.07, 6.45) is 3.83. The zero-order valence-electron chi connectivity index (χ0n) is 15.3. The topological polar surface area (TPSA) is 96.0 Å². The standard InChI is InChI=1S/C18H25N3O5S/c1-13-12-20(18(23)26-16-4-2-3-5-16)10-11-21(13)17(22)14-6-8-15(9-7-14)19-27(24)25/h6-9,13,16,27H,2-5,10-12H2,1H3,(H,19,24,25)/t13-/m1/s1. The first kappa shape index (κ1) is 19.5. The molecule has 0 radical (unpaired) electrons. The van der Waals surface area contributed by atoms with Crippen LogP contribution in [0.3, 0.4) is 0 Å². The first-order valence-electron chi connectivity index (χ1n) is 9.21. The monoisotopic (exact) mass is 395 g/mol. The maximum atomic E-state index is 12.8. The van der Waals surface area contributed by atoms with E-state index < -0.39 is 10.9 Å². The third-order valence-corrected chi connectivity index (χ3v) is 5.51. The molecule has 1 aromatic rings. The number of amides is 2. The van der Waals surface area contributed by atoms with Gasteiger partial charge in [0.05, 0.1) is 0 Å². The predicted molar refractivity (Wildman–Crippen MR) is 101 cm³/mol. The van der Waals surface area contributed by atoms with E-state index in [4.69, 9.17) is 4.74 Å². The number of piperazine rings is 1. The van der Waals surface area contributed by atoms with Crippen LogP contribution in [0.5, 0.6) is 0 Å². The molecule has 27 heavy (non-hydrogen) atoms. The van der Waals surface area contributed by atoms with Gasteiger partial charge in [0, 0.05) is 36.9 Å². The van der Waals surface area contributed by atoms with Crippen molar-refractivity contribution in [1.82, 2.24) is 9.80 Å². The predicted octanol–water partition coefficient (Wildman–Crippen LogP) is 1.85. The van der Waals surface area contributed by atoms with Gasteiger partial charge < -0.3 is 14.5 Å². The maximum absolute atomic E-state index is 12.8. The van der Waals surface area contributed by atoms with Crippen LogP contribution in [-0.4, -0.2) is 62.0 Å². The molecule has 0 unspecified atom stereocenters. The molecule has 8 nitrogen and oxygen atoms in total. The molecule has 148 valence electrons. The van der Waals surface area contributed by atoms with Gasteiger partial charge in [-0.05, 0) is 56.9 Å². The summed E-state index contributed by atoms with van der Waals surface area (Å²) >= 11 is 0. The molecule has 1 aliphatic heterocycles. The van der Waals surface area contributed by atoms with E-state index in [0.29, 0.717) is 30.9 Å². The van der Waals surface area contributed by atoms with Crippen molar-refractivity contribution in [3.63, 3.8) is 0 Å². The zero-order chi connectivity index (χ0) is 19.4. The SMILES string of the molecule is C[C@@H]1CN(C(=O)OC2CCCC2)CCN1C(=O)c1ccc(N[SH](=O)=O)cc1. The Balaban J connectivity index is 1.57. The van der Waals surface area contributed by atoms with Gasteiger partial charge in [-0.25, -0.2) is 13.2 Å². The lowest BCUT2D eigenvalue weighted by molar-refractivity contribution is 0.0295. The van der Waals surface area contributed by atoms with Crippen molar-refractivity contribution >= 4 is 28.6 Å². The van der Waals surface area contributed by atoms with Gasteiger partial charge in [0.2, 0.25) is 10.9 Å². The van der Waals surface area contributed by atoms with Crippen molar-refractivity contribution in [3.05, 3.63) is 29.8 Å². The summed E-state index contributed by atoms with van der Waals surface area (Å²) in [6.45, 7) is 3.22. The van der Waals surface area contributed by atoms with E-state index in [9.17, 15) is 18.0 Å². The van der Waals surface area contributed by atoms with Crippen LogP contribution in [0.2, 0.25) is 0 Å². The number of hydrogen-bond donors (Lipinski definition) is 2. The average Bonchev–Trinajstić information content (AvgIpc) is 3.14. The Hall–Kier alpha value is -2.29. The van der Waals surface area contributed by atoms with Crippen LogP contribution < -0.4 is 4.72 Å². The van der Waals surface area contributed by atoms with Crippen molar-refractivity contribution in [1.29, 1.82) is 0 Å². The Bertz CT molecular complexity index is 751. The number of thiol groups is 1. The number of rotatable bonds is 4. The van der Waals surface area contributed by atoms with Gasteiger partial charge in [-0.2, -0.15) is 0 Å². The van der Waals surface area contributed by atoms with E-state index in [1.165, 1.54) is 0 Å². The summed E-state index contributed by atoms with van der Waals surface area (Å²) in [5, 5.41) is 0. The highest BCUT2D eigenvalue weighted by Crippen LogP contribution is 2.23. The molecule has 2 amide bonds. The third kappa shape index (κ3) is 4.91. The van der Waals surface area contributed by atoms with Gasteiger partial charge >= 0.3 is 6.09 Å². The number of ether oxygens (including phenoxy) is 1. The summed E-state index contributed by atoms with van der Waals surface area (Å²) in [5.41, 5.74) is 0.894. The van der Waals surface area contributed by atoms with Crippen molar-refractivity contribution in [3.8, 4) is 0 Å². The molecule has 1 heterocycles. The van der Waals surface area contributed by atoms with Crippen molar-refractivity contribution in [2.75, 3.05) is 24.4 Å². The molecule has 1 aliphatic carbocycles. The van der Waals surface area contributed by atoms with Crippen LogP contribution in [0.15, 0.2) is 24.3 Å². The fourth-order valence-corrected chi connectivity index (χ4v) is 3.97. The first-order chi connectivity index (χ1) is 12.9. The summed E-state index contributed by atoms with van der Waals surface area (Å²) in [7, 11) is -2.73. The van der Waals surface area contributed by atoms with E-state index in [-0.39, 0.29) is 24.1 Å². The molecule has 1 N–H and O–H groups in total. The maximum Gasteiger partial charge on any atom is 0.410 e. The summed E-state index contributed by atoms with van der Waals surface area (Å²) in [5.74, 6) is -0.135. The smallest absolute Gasteiger partial charge is 0.410 e. The molecule has 2 aliphatic rings. The summed E-state index contributed by atoms with van der Waals surface area (Å²) in [4.78, 5) is 28.5. The van der Waals surface area contributed by atoms with Crippen molar-refractivity contribution in [2.45, 2.75) is 44.8 Å². The highest BCUT2D eigenvalue weighted by atomic mass is 32.2. The van der Waals surface area contributed by atoms with Crippen LogP contribution in [-0.2, 0) is 15.6 Å². The van der Waals surface area contributed by atoms with E-state index in [1.54, 1.807) is 34.1 Å². The van der Waals surface area contributed by atoms with Gasteiger partial charge in [0.15, 0.2) is 0 Å². The highest BCUT2D eigenvalue weighted by molar-refractivity contribution is 7.73. The Morgan fingerprint density at radius 3 is 2.37 bits per heavy atom. The van der Waals surface area contributed by atoms with Gasteiger partial charge in [-0.3, -0.25) is 9.52 Å². The van der Waals surface area contributed by atoms with E-state index in [0.717, 1.165) is 25.7 Å². The Morgan fingerprint density at radius 1 is 1.11 bits per heavy atom. The molecule has 2 fully saturated rings. The second kappa shape index (κ2) is 8.60. The fraction of sp³-hybridized carbons (Fsp3) is 0.556. The zero-order valence-corrected chi connectivity index (χ0v) is 16.2. The lowest BCUT2D eigenvalue weighted by atomic mass is 10.1. The van der Waals surface area contributed by atoms with Gasteiger partial charge in [0.1, 0.15) is 6.10 Å². The van der Waals surface area contributed by atoms with Crippen LogP contribution in [0.1, 0.15) is 43.0 Å². The summed E-state index contributed by atoms with van der Waals surface area (Å²) in [6, 6.07) is 6.17. The quantitative estimate of drug-likeness (QED) is 0.759. The van der Waals surface area contributed by atoms with E-state index in [2.05, 4.69) is 4.72 Å². The minimum Gasteiger partial charge on any atom is -0.446 e. The van der Waals surface area contributed by atoms with E-state index in [1.807, 2.05) is 6.92 Å². The number of hydrogen-bond acceptors (Lipinski definition) is 5. The summed E-state index contributed by atoms with van der Waals surface area (Å²) < 4.78 is 29.2.